The van der Waals surface area contributed by atoms with Crippen molar-refractivity contribution in [3.63, 3.8) is 0 Å². The van der Waals surface area contributed by atoms with E-state index in [4.69, 9.17) is 0 Å². The molecule has 3 heterocycles. The summed E-state index contributed by atoms with van der Waals surface area (Å²) in [5.41, 5.74) is 1.23. The van der Waals surface area contributed by atoms with Crippen molar-refractivity contribution in [2.24, 2.45) is 0 Å². The van der Waals surface area contributed by atoms with Gasteiger partial charge in [-0.25, -0.2) is 4.98 Å². The van der Waals surface area contributed by atoms with E-state index in [1.165, 1.54) is 6.33 Å². The number of imidazole rings is 1. The molecule has 10 heteroatoms. The van der Waals surface area contributed by atoms with Crippen LogP contribution in [0.2, 0.25) is 0 Å². The molecule has 0 unspecified atom stereocenters. The maximum atomic E-state index is 12.4. The Morgan fingerprint density at radius 3 is 2.64 bits per heavy atom. The highest BCUT2D eigenvalue weighted by molar-refractivity contribution is 5.84. The van der Waals surface area contributed by atoms with Crippen LogP contribution in [0.5, 0.6) is 0 Å². The SMILES string of the molecule is FC(F)(F)CNc1nc(Nc2ccncc2)nc2nc[nH]c12. The number of alkyl halides is 3. The Hall–Kier alpha value is -2.91. The number of rotatable bonds is 4. The van der Waals surface area contributed by atoms with Crippen LogP contribution in [0.25, 0.3) is 11.2 Å². The average molecular weight is 309 g/mol. The molecular formula is C12H10F3N7. The molecule has 0 fully saturated rings. The fourth-order valence-electron chi connectivity index (χ4n) is 1.77. The standard InChI is InChI=1S/C12H10F3N7/c13-12(14,15)5-17-9-8-10(19-6-18-8)22-11(21-9)20-7-1-3-16-4-2-7/h1-4,6H,5H2,(H3,16,17,18,19,20,21,22). The van der Waals surface area contributed by atoms with E-state index in [0.29, 0.717) is 11.2 Å². The van der Waals surface area contributed by atoms with E-state index in [1.807, 2.05) is 0 Å². The Bertz CT molecular complexity index is 769. The minimum Gasteiger partial charge on any atom is -0.359 e. The minimum atomic E-state index is -4.35. The predicted octanol–water partition coefficient (Wildman–Crippen LogP) is 2.47. The molecule has 3 N–H and O–H groups in total. The molecule has 0 radical (unpaired) electrons. The first-order chi connectivity index (χ1) is 10.5. The van der Waals surface area contributed by atoms with E-state index in [2.05, 4.69) is 35.6 Å². The van der Waals surface area contributed by atoms with Gasteiger partial charge in [-0.1, -0.05) is 0 Å². The third kappa shape index (κ3) is 3.22. The van der Waals surface area contributed by atoms with Gasteiger partial charge in [0.05, 0.1) is 6.33 Å². The molecule has 0 amide bonds. The van der Waals surface area contributed by atoms with Crippen LogP contribution in [0.3, 0.4) is 0 Å². The lowest BCUT2D eigenvalue weighted by atomic mass is 10.4. The number of aromatic amines is 1. The summed E-state index contributed by atoms with van der Waals surface area (Å²) >= 11 is 0. The van der Waals surface area contributed by atoms with Crippen molar-refractivity contribution in [3.05, 3.63) is 30.9 Å². The number of hydrogen-bond acceptors (Lipinski definition) is 6. The molecule has 0 saturated carbocycles. The van der Waals surface area contributed by atoms with Gasteiger partial charge < -0.3 is 15.6 Å². The molecule has 3 rings (SSSR count). The number of nitrogens with zero attached hydrogens (tertiary/aromatic N) is 4. The number of pyridine rings is 1. The van der Waals surface area contributed by atoms with Gasteiger partial charge in [-0.05, 0) is 12.1 Å². The largest absolute Gasteiger partial charge is 0.405 e. The zero-order valence-corrected chi connectivity index (χ0v) is 11.0. The van der Waals surface area contributed by atoms with E-state index in [0.717, 1.165) is 0 Å². The van der Waals surface area contributed by atoms with Gasteiger partial charge in [0.15, 0.2) is 11.5 Å². The van der Waals surface area contributed by atoms with Crippen LogP contribution in [0.1, 0.15) is 0 Å². The van der Waals surface area contributed by atoms with E-state index in [-0.39, 0.29) is 17.4 Å². The summed E-state index contributed by atoms with van der Waals surface area (Å²) in [6.07, 6.45) is 0.126. The summed E-state index contributed by atoms with van der Waals surface area (Å²) in [5.74, 6) is 0.159. The molecule has 0 bridgehead atoms. The second kappa shape index (κ2) is 5.47. The number of aromatic nitrogens is 5. The summed E-state index contributed by atoms with van der Waals surface area (Å²) in [7, 11) is 0. The first-order valence-electron chi connectivity index (χ1n) is 6.20. The normalized spacial score (nSPS) is 11.6. The van der Waals surface area contributed by atoms with Crippen LogP contribution in [-0.4, -0.2) is 37.6 Å². The van der Waals surface area contributed by atoms with E-state index in [9.17, 15) is 13.2 Å². The molecule has 3 aromatic rings. The molecule has 7 nitrogen and oxygen atoms in total. The number of hydrogen-bond donors (Lipinski definition) is 3. The van der Waals surface area contributed by atoms with Gasteiger partial charge in [0.25, 0.3) is 0 Å². The number of fused-ring (bicyclic) bond motifs is 1. The number of H-pyrrole nitrogens is 1. The lowest BCUT2D eigenvalue weighted by molar-refractivity contribution is -0.115. The van der Waals surface area contributed by atoms with E-state index >= 15 is 0 Å². The molecule has 0 aromatic carbocycles. The maximum absolute atomic E-state index is 12.4. The van der Waals surface area contributed by atoms with Gasteiger partial charge >= 0.3 is 6.18 Å². The third-order valence-electron chi connectivity index (χ3n) is 2.68. The second-order valence-corrected chi connectivity index (χ2v) is 4.33. The Morgan fingerprint density at radius 1 is 1.14 bits per heavy atom. The molecule has 22 heavy (non-hydrogen) atoms. The molecule has 0 saturated heterocycles. The summed E-state index contributed by atoms with van der Waals surface area (Å²) in [5, 5.41) is 5.13. The Kier molecular flexibility index (Phi) is 3.49. The maximum Gasteiger partial charge on any atom is 0.405 e. The monoisotopic (exact) mass is 309 g/mol. The smallest absolute Gasteiger partial charge is 0.359 e. The van der Waals surface area contributed by atoms with Gasteiger partial charge in [-0.15, -0.1) is 0 Å². The lowest BCUT2D eigenvalue weighted by Crippen LogP contribution is -2.22. The average Bonchev–Trinajstić information content (AvgIpc) is 2.93. The minimum absolute atomic E-state index is 0.0244. The van der Waals surface area contributed by atoms with Crippen LogP contribution in [-0.2, 0) is 0 Å². The number of halogens is 3. The lowest BCUT2D eigenvalue weighted by Gasteiger charge is -2.11. The first-order valence-corrected chi connectivity index (χ1v) is 6.20. The van der Waals surface area contributed by atoms with Gasteiger partial charge in [0.1, 0.15) is 12.1 Å². The summed E-state index contributed by atoms with van der Waals surface area (Å²) in [4.78, 5) is 18.7. The van der Waals surface area contributed by atoms with Crippen molar-refractivity contribution in [3.8, 4) is 0 Å². The van der Waals surface area contributed by atoms with Gasteiger partial charge in [0.2, 0.25) is 5.95 Å². The van der Waals surface area contributed by atoms with Gasteiger partial charge in [-0.2, -0.15) is 23.1 Å². The van der Waals surface area contributed by atoms with E-state index < -0.39 is 12.7 Å². The number of anilines is 3. The van der Waals surface area contributed by atoms with Crippen LogP contribution in [0.15, 0.2) is 30.9 Å². The first kappa shape index (κ1) is 14.0. The molecule has 0 aliphatic rings. The predicted molar refractivity (Wildman–Crippen MR) is 73.7 cm³/mol. The van der Waals surface area contributed by atoms with Crippen molar-refractivity contribution in [2.45, 2.75) is 6.18 Å². The van der Waals surface area contributed by atoms with Gasteiger partial charge in [0, 0.05) is 18.1 Å². The van der Waals surface area contributed by atoms with Crippen molar-refractivity contribution >= 4 is 28.6 Å². The van der Waals surface area contributed by atoms with Crippen LogP contribution >= 0.6 is 0 Å². The molecule has 0 atom stereocenters. The fraction of sp³-hybridized carbons (Fsp3) is 0.167. The summed E-state index contributed by atoms with van der Waals surface area (Å²) in [6, 6.07) is 3.36. The Labute approximate surface area is 122 Å². The van der Waals surface area contributed by atoms with Crippen LogP contribution < -0.4 is 10.6 Å². The zero-order valence-electron chi connectivity index (χ0n) is 11.0. The molecule has 0 aliphatic heterocycles. The van der Waals surface area contributed by atoms with Crippen LogP contribution in [0, 0.1) is 0 Å². The van der Waals surface area contributed by atoms with Gasteiger partial charge in [-0.3, -0.25) is 4.98 Å². The quantitative estimate of drug-likeness (QED) is 0.686. The van der Waals surface area contributed by atoms with Crippen molar-refractivity contribution in [2.75, 3.05) is 17.2 Å². The fourth-order valence-corrected chi connectivity index (χ4v) is 1.77. The molecular weight excluding hydrogens is 299 g/mol. The Morgan fingerprint density at radius 2 is 1.91 bits per heavy atom. The zero-order chi connectivity index (χ0) is 15.6. The second-order valence-electron chi connectivity index (χ2n) is 4.33. The highest BCUT2D eigenvalue weighted by Crippen LogP contribution is 2.22. The highest BCUT2D eigenvalue weighted by Gasteiger charge is 2.27. The van der Waals surface area contributed by atoms with Crippen LogP contribution in [0.4, 0.5) is 30.6 Å². The van der Waals surface area contributed by atoms with Crippen molar-refractivity contribution in [1.29, 1.82) is 0 Å². The highest BCUT2D eigenvalue weighted by atomic mass is 19.4. The molecule has 114 valence electrons. The van der Waals surface area contributed by atoms with Crippen molar-refractivity contribution < 1.29 is 13.2 Å². The Balaban J connectivity index is 1.91. The molecule has 3 aromatic heterocycles. The molecule has 0 aliphatic carbocycles. The van der Waals surface area contributed by atoms with Crippen molar-refractivity contribution in [1.82, 2.24) is 24.9 Å². The third-order valence-corrected chi connectivity index (χ3v) is 2.68. The van der Waals surface area contributed by atoms with E-state index in [1.54, 1.807) is 24.5 Å². The molecule has 0 spiro atoms. The topological polar surface area (TPSA) is 91.4 Å². The number of nitrogens with one attached hydrogen (secondary N) is 3. The summed E-state index contributed by atoms with van der Waals surface area (Å²) < 4.78 is 37.1. The summed E-state index contributed by atoms with van der Waals surface area (Å²) in [6.45, 7) is -1.20.